The number of halogens is 1. The molecule has 0 amide bonds. The SMILES string of the molecule is CC(=O)[C@@]12O[C@@](C)(c3ccc(F)cc3)O[C@@H]1C[C@H]1[C@@H]3CCC4=CC(=O)CC[C@]4(C)[C@H]3CC[C@@]12C. The van der Waals surface area contributed by atoms with Crippen molar-refractivity contribution >= 4 is 11.6 Å². The first kappa shape index (κ1) is 22.6. The summed E-state index contributed by atoms with van der Waals surface area (Å²) in [5, 5.41) is 0. The van der Waals surface area contributed by atoms with E-state index in [0.29, 0.717) is 24.2 Å². The standard InChI is InChI=1S/C29H35FO4/c1-17(31)29-25(33-28(4,34-29)18-5-8-20(30)9-6-18)16-24-22-10-7-19-15-21(32)11-13-26(19,2)23(22)12-14-27(24,29)3/h5-6,8-9,15,22-25H,7,10-14,16H2,1-4H3/t22-,23+,24+,25-,26+,27+,28+,29-/m1/s1. The van der Waals surface area contributed by atoms with E-state index >= 15 is 0 Å². The maximum absolute atomic E-state index is 13.6. The Morgan fingerprint density at radius 2 is 1.76 bits per heavy atom. The minimum absolute atomic E-state index is 0.0395. The molecule has 0 radical (unpaired) electrons. The van der Waals surface area contributed by atoms with Crippen LogP contribution in [0.15, 0.2) is 35.9 Å². The third-order valence-corrected chi connectivity index (χ3v) is 10.7. The minimum Gasteiger partial charge on any atom is -0.339 e. The summed E-state index contributed by atoms with van der Waals surface area (Å²) in [6.07, 6.45) is 8.01. The summed E-state index contributed by atoms with van der Waals surface area (Å²) in [7, 11) is 0. The van der Waals surface area contributed by atoms with Crippen molar-refractivity contribution < 1.29 is 23.5 Å². The second-order valence-corrected chi connectivity index (χ2v) is 12.1. The van der Waals surface area contributed by atoms with E-state index in [4.69, 9.17) is 9.47 Å². The van der Waals surface area contributed by atoms with Crippen molar-refractivity contribution in [2.24, 2.45) is 28.6 Å². The van der Waals surface area contributed by atoms with Crippen LogP contribution in [-0.2, 0) is 24.8 Å². The van der Waals surface area contributed by atoms with Crippen molar-refractivity contribution in [2.75, 3.05) is 0 Å². The van der Waals surface area contributed by atoms with Crippen LogP contribution >= 0.6 is 0 Å². The molecular weight excluding hydrogens is 431 g/mol. The molecule has 0 unspecified atom stereocenters. The zero-order chi connectivity index (χ0) is 24.1. The molecule has 1 aliphatic heterocycles. The van der Waals surface area contributed by atoms with Gasteiger partial charge < -0.3 is 9.47 Å². The summed E-state index contributed by atoms with van der Waals surface area (Å²) < 4.78 is 27.0. The van der Waals surface area contributed by atoms with Crippen LogP contribution in [0.3, 0.4) is 0 Å². The van der Waals surface area contributed by atoms with Crippen molar-refractivity contribution in [2.45, 2.75) is 90.1 Å². The highest BCUT2D eigenvalue weighted by molar-refractivity contribution is 5.91. The van der Waals surface area contributed by atoms with Crippen LogP contribution in [0.4, 0.5) is 4.39 Å². The molecule has 182 valence electrons. The Labute approximate surface area is 201 Å². The van der Waals surface area contributed by atoms with Crippen LogP contribution in [0, 0.1) is 34.4 Å². The smallest absolute Gasteiger partial charge is 0.193 e. The molecule has 1 saturated heterocycles. The Bertz CT molecular complexity index is 1090. The molecule has 0 bridgehead atoms. The van der Waals surface area contributed by atoms with Crippen LogP contribution in [0.5, 0.6) is 0 Å². The van der Waals surface area contributed by atoms with Crippen LogP contribution in [0.25, 0.3) is 0 Å². The summed E-state index contributed by atoms with van der Waals surface area (Å²) in [6.45, 7) is 8.15. The quantitative estimate of drug-likeness (QED) is 0.546. The van der Waals surface area contributed by atoms with Gasteiger partial charge in [0.25, 0.3) is 0 Å². The van der Waals surface area contributed by atoms with Crippen LogP contribution < -0.4 is 0 Å². The molecule has 34 heavy (non-hydrogen) atoms. The highest BCUT2D eigenvalue weighted by Gasteiger charge is 2.75. The van der Waals surface area contributed by atoms with Gasteiger partial charge in [-0.05, 0) is 93.7 Å². The van der Waals surface area contributed by atoms with E-state index in [1.807, 2.05) is 13.0 Å². The van der Waals surface area contributed by atoms with Gasteiger partial charge >= 0.3 is 0 Å². The van der Waals surface area contributed by atoms with Gasteiger partial charge in [0.05, 0.1) is 6.10 Å². The van der Waals surface area contributed by atoms with E-state index in [0.717, 1.165) is 44.1 Å². The van der Waals surface area contributed by atoms with Gasteiger partial charge in [-0.1, -0.05) is 31.6 Å². The molecule has 5 aliphatic rings. The van der Waals surface area contributed by atoms with Crippen molar-refractivity contribution in [3.63, 3.8) is 0 Å². The van der Waals surface area contributed by atoms with Gasteiger partial charge in [0.1, 0.15) is 5.82 Å². The zero-order valence-electron chi connectivity index (χ0n) is 20.7. The van der Waals surface area contributed by atoms with Gasteiger partial charge in [-0.3, -0.25) is 9.59 Å². The Hall–Kier alpha value is -1.85. The number of hydrogen-bond donors (Lipinski definition) is 0. The summed E-state index contributed by atoms with van der Waals surface area (Å²) in [6, 6.07) is 6.23. The number of allylic oxidation sites excluding steroid dienone is 1. The van der Waals surface area contributed by atoms with Gasteiger partial charge in [0, 0.05) is 17.4 Å². The Morgan fingerprint density at radius 3 is 2.47 bits per heavy atom. The molecule has 4 fully saturated rings. The van der Waals surface area contributed by atoms with Crippen LogP contribution in [0.1, 0.15) is 78.2 Å². The Kier molecular flexibility index (Phi) is 4.72. The predicted molar refractivity (Wildman–Crippen MR) is 125 cm³/mol. The first-order chi connectivity index (χ1) is 16.0. The van der Waals surface area contributed by atoms with Crippen LogP contribution in [-0.4, -0.2) is 23.3 Å². The largest absolute Gasteiger partial charge is 0.339 e. The normalized spacial score (nSPS) is 47.3. The number of fused-ring (bicyclic) bond motifs is 7. The zero-order valence-corrected chi connectivity index (χ0v) is 20.7. The predicted octanol–water partition coefficient (Wildman–Crippen LogP) is 5.88. The summed E-state index contributed by atoms with van der Waals surface area (Å²) in [5.74, 6) is 0.310. The highest BCUT2D eigenvalue weighted by atomic mass is 19.1. The number of Topliss-reactive ketones (excluding diaryl/α,β-unsaturated/α-hetero) is 1. The molecule has 5 heteroatoms. The van der Waals surface area contributed by atoms with Gasteiger partial charge in [-0.15, -0.1) is 0 Å². The molecule has 1 heterocycles. The molecule has 4 aliphatic carbocycles. The third kappa shape index (κ3) is 2.71. The molecule has 1 aromatic carbocycles. The fraction of sp³-hybridized carbons (Fsp3) is 0.655. The lowest BCUT2D eigenvalue weighted by Crippen LogP contribution is -2.59. The number of carbonyl (C=O) groups excluding carboxylic acids is 2. The van der Waals surface area contributed by atoms with Gasteiger partial charge in [0.2, 0.25) is 0 Å². The summed E-state index contributed by atoms with van der Waals surface area (Å²) >= 11 is 0. The highest BCUT2D eigenvalue weighted by Crippen LogP contribution is 2.71. The number of rotatable bonds is 2. The monoisotopic (exact) mass is 466 g/mol. The number of ether oxygens (including phenoxy) is 2. The van der Waals surface area contributed by atoms with E-state index in [1.165, 1.54) is 17.7 Å². The van der Waals surface area contributed by atoms with Crippen molar-refractivity contribution in [1.82, 2.24) is 0 Å². The average molecular weight is 467 g/mol. The number of carbonyl (C=O) groups is 2. The summed E-state index contributed by atoms with van der Waals surface area (Å²) in [4.78, 5) is 25.6. The molecule has 0 spiro atoms. The fourth-order valence-corrected chi connectivity index (χ4v) is 9.04. The first-order valence-electron chi connectivity index (χ1n) is 12.9. The van der Waals surface area contributed by atoms with E-state index in [9.17, 15) is 14.0 Å². The molecule has 0 aromatic heterocycles. The van der Waals surface area contributed by atoms with Crippen molar-refractivity contribution in [3.8, 4) is 0 Å². The number of benzene rings is 1. The molecule has 4 nitrogen and oxygen atoms in total. The molecule has 6 rings (SSSR count). The molecule has 1 aromatic rings. The maximum Gasteiger partial charge on any atom is 0.193 e. The molecule has 0 N–H and O–H groups in total. The third-order valence-electron chi connectivity index (χ3n) is 10.7. The number of ketones is 2. The first-order valence-corrected chi connectivity index (χ1v) is 12.9. The Balaban J connectivity index is 1.37. The van der Waals surface area contributed by atoms with E-state index in [2.05, 4.69) is 13.8 Å². The molecular formula is C29H35FO4. The van der Waals surface area contributed by atoms with Crippen molar-refractivity contribution in [1.29, 1.82) is 0 Å². The lowest BCUT2D eigenvalue weighted by molar-refractivity contribution is -0.227. The van der Waals surface area contributed by atoms with Crippen LogP contribution in [0.2, 0.25) is 0 Å². The van der Waals surface area contributed by atoms with Gasteiger partial charge in [0.15, 0.2) is 23.0 Å². The molecule has 8 atom stereocenters. The Morgan fingerprint density at radius 1 is 1.03 bits per heavy atom. The van der Waals surface area contributed by atoms with Crippen molar-refractivity contribution in [3.05, 3.63) is 47.3 Å². The summed E-state index contributed by atoms with van der Waals surface area (Å²) in [5.41, 5.74) is 0.869. The van der Waals surface area contributed by atoms with E-state index < -0.39 is 11.4 Å². The van der Waals surface area contributed by atoms with E-state index in [1.54, 1.807) is 19.1 Å². The molecule has 3 saturated carbocycles. The van der Waals surface area contributed by atoms with Gasteiger partial charge in [-0.2, -0.15) is 0 Å². The maximum atomic E-state index is 13.6. The second kappa shape index (κ2) is 7.10. The number of hydrogen-bond acceptors (Lipinski definition) is 4. The van der Waals surface area contributed by atoms with Gasteiger partial charge in [-0.25, -0.2) is 4.39 Å². The average Bonchev–Trinajstić information content (AvgIpc) is 3.23. The fourth-order valence-electron chi connectivity index (χ4n) is 9.04. The minimum atomic E-state index is -1.08. The topological polar surface area (TPSA) is 52.6 Å². The van der Waals surface area contributed by atoms with E-state index in [-0.39, 0.29) is 34.3 Å². The lowest BCUT2D eigenvalue weighted by Gasteiger charge is -2.59. The lowest BCUT2D eigenvalue weighted by atomic mass is 9.46. The second-order valence-electron chi connectivity index (χ2n) is 12.1.